The van der Waals surface area contributed by atoms with Crippen LogP contribution in [0.3, 0.4) is 0 Å². The van der Waals surface area contributed by atoms with E-state index >= 15 is 0 Å². The molecule has 28 heavy (non-hydrogen) atoms. The summed E-state index contributed by atoms with van der Waals surface area (Å²) in [5.74, 6) is -2.12. The summed E-state index contributed by atoms with van der Waals surface area (Å²) in [6, 6.07) is 14.2. The topological polar surface area (TPSA) is 163 Å². The number of esters is 1. The zero-order chi connectivity index (χ0) is 20.5. The van der Waals surface area contributed by atoms with Crippen molar-refractivity contribution in [2.75, 3.05) is 6.61 Å². The number of carbonyl (C=O) groups excluding carboxylic acids is 3. The van der Waals surface area contributed by atoms with Gasteiger partial charge in [0, 0.05) is 6.42 Å². The maximum atomic E-state index is 12.0. The number of nitrogens with zero attached hydrogens (tertiary/aromatic N) is 1. The van der Waals surface area contributed by atoms with Gasteiger partial charge in [-0.15, -0.1) is 0 Å². The van der Waals surface area contributed by atoms with E-state index in [1.54, 1.807) is 0 Å². The molecule has 2 rings (SSSR count). The lowest BCUT2D eigenvalue weighted by Gasteiger charge is -2.15. The molecule has 0 radical (unpaired) electrons. The van der Waals surface area contributed by atoms with Crippen molar-refractivity contribution in [2.24, 2.45) is 22.2 Å². The second-order valence-corrected chi connectivity index (χ2v) is 5.87. The first-order valence-electron chi connectivity index (χ1n) is 8.34. The van der Waals surface area contributed by atoms with Crippen molar-refractivity contribution in [3.05, 3.63) is 65.7 Å². The zero-order valence-corrected chi connectivity index (χ0v) is 15.0. The van der Waals surface area contributed by atoms with Crippen molar-refractivity contribution in [1.29, 1.82) is 0 Å². The molecule has 1 atom stereocenters. The molecule has 0 aliphatic carbocycles. The minimum Gasteiger partial charge on any atom is -0.452 e. The van der Waals surface area contributed by atoms with Gasteiger partial charge in [0.15, 0.2) is 12.6 Å². The van der Waals surface area contributed by atoms with Crippen LogP contribution in [0.1, 0.15) is 15.9 Å². The van der Waals surface area contributed by atoms with E-state index in [0.29, 0.717) is 5.69 Å². The number of guanidine groups is 1. The Morgan fingerprint density at radius 2 is 1.61 bits per heavy atom. The van der Waals surface area contributed by atoms with E-state index in [4.69, 9.17) is 21.9 Å². The number of aliphatic imine (C=N–C) groups is 1. The van der Waals surface area contributed by atoms with Gasteiger partial charge in [0.25, 0.3) is 5.91 Å². The van der Waals surface area contributed by atoms with Crippen molar-refractivity contribution in [3.63, 3.8) is 0 Å². The minimum atomic E-state index is -0.910. The molecule has 0 aliphatic heterocycles. The summed E-state index contributed by atoms with van der Waals surface area (Å²) in [6.07, 6.45) is 0.238. The van der Waals surface area contributed by atoms with Gasteiger partial charge in [-0.3, -0.25) is 9.59 Å². The fourth-order valence-corrected chi connectivity index (χ4v) is 2.34. The molecule has 0 saturated carbocycles. The van der Waals surface area contributed by atoms with Gasteiger partial charge in [-0.05, 0) is 29.8 Å². The van der Waals surface area contributed by atoms with E-state index in [1.165, 1.54) is 24.3 Å². The molecule has 9 heteroatoms. The van der Waals surface area contributed by atoms with Crippen molar-refractivity contribution in [1.82, 2.24) is 5.32 Å². The van der Waals surface area contributed by atoms with Crippen molar-refractivity contribution < 1.29 is 19.1 Å². The number of carbonyl (C=O) groups is 3. The van der Waals surface area contributed by atoms with Crippen molar-refractivity contribution in [3.8, 4) is 0 Å². The van der Waals surface area contributed by atoms with Gasteiger partial charge in [0.2, 0.25) is 5.91 Å². The number of hydrogen-bond donors (Lipinski definition) is 4. The molecule has 0 bridgehead atoms. The number of hydrogen-bond acceptors (Lipinski definition) is 5. The Labute approximate surface area is 161 Å². The molecule has 7 N–H and O–H groups in total. The molecule has 0 heterocycles. The minimum absolute atomic E-state index is 0.105. The molecule has 0 aliphatic rings. The van der Waals surface area contributed by atoms with Gasteiger partial charge < -0.3 is 27.3 Å². The second-order valence-electron chi connectivity index (χ2n) is 5.87. The lowest BCUT2D eigenvalue weighted by Crippen LogP contribution is -2.47. The monoisotopic (exact) mass is 383 g/mol. The third-order valence-electron chi connectivity index (χ3n) is 3.66. The highest BCUT2D eigenvalue weighted by Crippen LogP contribution is 2.13. The lowest BCUT2D eigenvalue weighted by molar-refractivity contribution is -0.129. The predicted octanol–water partition coefficient (Wildman–Crippen LogP) is -0.0389. The third kappa shape index (κ3) is 6.45. The van der Waals surface area contributed by atoms with E-state index in [9.17, 15) is 14.4 Å². The highest BCUT2D eigenvalue weighted by atomic mass is 16.5. The Kier molecular flexibility index (Phi) is 7.09. The Hall–Kier alpha value is -3.88. The van der Waals surface area contributed by atoms with Crippen LogP contribution in [-0.2, 0) is 20.7 Å². The number of primary amides is 1. The van der Waals surface area contributed by atoms with Crippen molar-refractivity contribution >= 4 is 29.4 Å². The van der Waals surface area contributed by atoms with Crippen LogP contribution in [0.5, 0.6) is 0 Å². The zero-order valence-electron chi connectivity index (χ0n) is 15.0. The second kappa shape index (κ2) is 9.72. The number of benzene rings is 2. The molecule has 0 aromatic heterocycles. The molecular formula is C19H21N5O4. The first-order chi connectivity index (χ1) is 13.3. The highest BCUT2D eigenvalue weighted by molar-refractivity contribution is 5.92. The molecule has 0 saturated heterocycles. The highest BCUT2D eigenvalue weighted by Gasteiger charge is 2.19. The average Bonchev–Trinajstić information content (AvgIpc) is 2.66. The summed E-state index contributed by atoms with van der Waals surface area (Å²) in [6.45, 7) is -0.549. The predicted molar refractivity (Wildman–Crippen MR) is 103 cm³/mol. The maximum Gasteiger partial charge on any atom is 0.338 e. The van der Waals surface area contributed by atoms with Gasteiger partial charge >= 0.3 is 5.97 Å². The quantitative estimate of drug-likeness (QED) is 0.284. The van der Waals surface area contributed by atoms with Gasteiger partial charge in [0.05, 0.1) is 11.3 Å². The number of amides is 2. The van der Waals surface area contributed by atoms with E-state index in [0.717, 1.165) is 5.56 Å². The Morgan fingerprint density at radius 1 is 0.964 bits per heavy atom. The number of rotatable bonds is 8. The largest absolute Gasteiger partial charge is 0.452 e. The van der Waals surface area contributed by atoms with Crippen LogP contribution in [0.4, 0.5) is 5.69 Å². The average molecular weight is 383 g/mol. The van der Waals surface area contributed by atoms with Gasteiger partial charge in [-0.1, -0.05) is 30.3 Å². The Morgan fingerprint density at radius 3 is 2.18 bits per heavy atom. The van der Waals surface area contributed by atoms with Crippen LogP contribution in [0, 0.1) is 0 Å². The smallest absolute Gasteiger partial charge is 0.338 e. The molecule has 1 unspecified atom stereocenters. The standard InChI is InChI=1S/C19H21N5O4/c20-17(26)15(10-12-4-2-1-3-5-12)24-16(25)11-28-18(27)13-6-8-14(9-7-13)23-19(21)22/h1-9,15H,10-11H2,(H2,20,26)(H,24,25)(H4,21,22,23). The normalized spacial score (nSPS) is 11.1. The molecule has 0 spiro atoms. The van der Waals surface area contributed by atoms with E-state index in [-0.39, 0.29) is 17.9 Å². The Bertz CT molecular complexity index is 862. The van der Waals surface area contributed by atoms with Crippen LogP contribution < -0.4 is 22.5 Å². The van der Waals surface area contributed by atoms with Crippen LogP contribution in [0.15, 0.2) is 59.6 Å². The molecule has 2 amide bonds. The summed E-state index contributed by atoms with van der Waals surface area (Å²) >= 11 is 0. The number of nitrogens with one attached hydrogen (secondary N) is 1. The van der Waals surface area contributed by atoms with Crippen molar-refractivity contribution in [2.45, 2.75) is 12.5 Å². The number of ether oxygens (including phenoxy) is 1. The summed E-state index contributed by atoms with van der Waals surface area (Å²) in [5, 5.41) is 2.47. The fraction of sp³-hybridized carbons (Fsp3) is 0.158. The van der Waals surface area contributed by atoms with Crippen LogP contribution >= 0.6 is 0 Å². The van der Waals surface area contributed by atoms with Gasteiger partial charge in [0.1, 0.15) is 6.04 Å². The van der Waals surface area contributed by atoms with Crippen LogP contribution in [0.2, 0.25) is 0 Å². The molecule has 2 aromatic carbocycles. The van der Waals surface area contributed by atoms with Gasteiger partial charge in [-0.2, -0.15) is 0 Å². The van der Waals surface area contributed by atoms with E-state index < -0.39 is 30.4 Å². The molecule has 0 fully saturated rings. The summed E-state index contributed by atoms with van der Waals surface area (Å²) in [4.78, 5) is 39.4. The van der Waals surface area contributed by atoms with Gasteiger partial charge in [-0.25, -0.2) is 9.79 Å². The molecule has 9 nitrogen and oxygen atoms in total. The van der Waals surface area contributed by atoms with Crippen LogP contribution in [0.25, 0.3) is 0 Å². The van der Waals surface area contributed by atoms with Crippen LogP contribution in [-0.4, -0.2) is 36.4 Å². The van der Waals surface area contributed by atoms with E-state index in [2.05, 4.69) is 10.3 Å². The maximum absolute atomic E-state index is 12.0. The SMILES string of the molecule is NC(=O)C(Cc1ccccc1)NC(=O)COC(=O)c1ccc(N=C(N)N)cc1. The summed E-state index contributed by atoms with van der Waals surface area (Å²) in [7, 11) is 0. The number of nitrogens with two attached hydrogens (primary N) is 3. The fourth-order valence-electron chi connectivity index (χ4n) is 2.34. The molecule has 146 valence electrons. The summed E-state index contributed by atoms with van der Waals surface area (Å²) < 4.78 is 4.95. The Balaban J connectivity index is 1.88. The first-order valence-corrected chi connectivity index (χ1v) is 8.34. The molecule has 2 aromatic rings. The molecular weight excluding hydrogens is 362 g/mol. The summed E-state index contributed by atoms with van der Waals surface area (Å²) in [5.41, 5.74) is 17.4. The lowest BCUT2D eigenvalue weighted by atomic mass is 10.1. The first kappa shape index (κ1) is 20.4. The third-order valence-corrected chi connectivity index (χ3v) is 3.66. The van der Waals surface area contributed by atoms with E-state index in [1.807, 2.05) is 30.3 Å².